The van der Waals surface area contributed by atoms with E-state index in [9.17, 15) is 35.9 Å². The molecule has 0 saturated carbocycles. The molecule has 2 aliphatic rings. The fourth-order valence-electron chi connectivity index (χ4n) is 6.22. The van der Waals surface area contributed by atoms with Crippen LogP contribution in [-0.2, 0) is 21.8 Å². The van der Waals surface area contributed by atoms with E-state index >= 15 is 0 Å². The molecule has 2 heterocycles. The van der Waals surface area contributed by atoms with Gasteiger partial charge >= 0.3 is 24.5 Å². The van der Waals surface area contributed by atoms with E-state index in [1.54, 1.807) is 12.1 Å². The normalized spacial score (nSPS) is 17.0. The van der Waals surface area contributed by atoms with Crippen LogP contribution in [-0.4, -0.2) is 39.5 Å². The van der Waals surface area contributed by atoms with Gasteiger partial charge < -0.3 is 29.6 Å². The highest BCUT2D eigenvalue weighted by atomic mass is 19.4. The van der Waals surface area contributed by atoms with Crippen LogP contribution >= 0.6 is 0 Å². The average molecular weight is 759 g/mol. The van der Waals surface area contributed by atoms with E-state index in [0.717, 1.165) is 35.4 Å². The maximum absolute atomic E-state index is 13.2. The Morgan fingerprint density at radius 2 is 0.944 bits per heavy atom. The van der Waals surface area contributed by atoms with Crippen molar-refractivity contribution < 1.29 is 54.9 Å². The number of carbonyl (C=O) groups is 2. The predicted molar refractivity (Wildman–Crippen MR) is 189 cm³/mol. The lowest BCUT2D eigenvalue weighted by molar-refractivity contribution is -0.138. The molecule has 2 aliphatic heterocycles. The minimum absolute atomic E-state index is 0.110. The molecule has 2 amide bonds. The highest BCUT2D eigenvalue weighted by Gasteiger charge is 2.36. The number of halogens is 6. The van der Waals surface area contributed by atoms with Gasteiger partial charge in [-0.15, -0.1) is 0 Å². The summed E-state index contributed by atoms with van der Waals surface area (Å²) in [5.74, 6) is 1.55. The van der Waals surface area contributed by atoms with Gasteiger partial charge in [-0.05, 0) is 82.6 Å². The summed E-state index contributed by atoms with van der Waals surface area (Å²) in [6.07, 6.45) is -11.9. The van der Waals surface area contributed by atoms with Gasteiger partial charge in [0.05, 0.1) is 38.4 Å². The van der Waals surface area contributed by atoms with Gasteiger partial charge in [-0.1, -0.05) is 52.0 Å². The van der Waals surface area contributed by atoms with Crippen LogP contribution in [0.1, 0.15) is 85.1 Å². The third-order valence-electron chi connectivity index (χ3n) is 9.17. The van der Waals surface area contributed by atoms with Gasteiger partial charge in [0.2, 0.25) is 0 Å². The maximum Gasteiger partial charge on any atom is 0.416 e. The Labute approximate surface area is 308 Å². The van der Waals surface area contributed by atoms with Crippen molar-refractivity contribution in [2.75, 3.05) is 27.3 Å². The number of hydrogen-bond donors (Lipinski definition) is 2. The molecule has 288 valence electrons. The van der Waals surface area contributed by atoms with Crippen LogP contribution in [0.3, 0.4) is 0 Å². The van der Waals surface area contributed by atoms with E-state index in [2.05, 4.69) is 10.6 Å². The number of rotatable bonds is 8. The molecule has 54 heavy (non-hydrogen) atoms. The van der Waals surface area contributed by atoms with Crippen molar-refractivity contribution in [3.63, 3.8) is 0 Å². The lowest BCUT2D eigenvalue weighted by atomic mass is 9.90. The quantitative estimate of drug-likeness (QED) is 0.174. The standard InChI is InChI=1S/2C20H20F3NO3/c2*1-11(2)12-4-7-17(26-3)15(8-12)14-6-5-13(20(21,22)23)9-16(14)18-10-24-19(25)27-18/h2*4-9,11,18H,10H2,1-3H3,(H,24,25). The second-order valence-corrected chi connectivity index (χ2v) is 13.4. The number of hydrogen-bond acceptors (Lipinski definition) is 6. The summed E-state index contributed by atoms with van der Waals surface area (Å²) < 4.78 is 101. The Hall–Kier alpha value is -5.40. The molecular formula is C40H40F6N2O6. The second kappa shape index (κ2) is 15.9. The zero-order valence-corrected chi connectivity index (χ0v) is 30.4. The van der Waals surface area contributed by atoms with Crippen molar-refractivity contribution in [2.45, 2.75) is 64.1 Å². The van der Waals surface area contributed by atoms with E-state index in [0.29, 0.717) is 44.9 Å². The first kappa shape index (κ1) is 39.8. The molecule has 2 N–H and O–H groups in total. The van der Waals surface area contributed by atoms with Gasteiger partial charge in [0.15, 0.2) is 0 Å². The molecule has 8 nitrogen and oxygen atoms in total. The highest BCUT2D eigenvalue weighted by Crippen LogP contribution is 2.43. The summed E-state index contributed by atoms with van der Waals surface area (Å²) in [7, 11) is 3.02. The predicted octanol–water partition coefficient (Wildman–Crippen LogP) is 10.6. The Bertz CT molecular complexity index is 1870. The van der Waals surface area contributed by atoms with Gasteiger partial charge in [-0.2, -0.15) is 26.3 Å². The number of amides is 2. The summed E-state index contributed by atoms with van der Waals surface area (Å²) in [4.78, 5) is 22.9. The van der Waals surface area contributed by atoms with Crippen molar-refractivity contribution in [3.05, 3.63) is 106 Å². The van der Waals surface area contributed by atoms with Gasteiger partial charge in [-0.25, -0.2) is 9.59 Å². The van der Waals surface area contributed by atoms with Crippen molar-refractivity contribution in [1.82, 2.24) is 10.6 Å². The Balaban J connectivity index is 0.000000208. The van der Waals surface area contributed by atoms with Crippen molar-refractivity contribution in [3.8, 4) is 33.8 Å². The number of alkyl halides is 6. The van der Waals surface area contributed by atoms with E-state index in [-0.39, 0.29) is 24.9 Å². The van der Waals surface area contributed by atoms with Gasteiger partial charge in [-0.3, -0.25) is 0 Å². The Morgan fingerprint density at radius 3 is 1.22 bits per heavy atom. The summed E-state index contributed by atoms with van der Waals surface area (Å²) in [6.45, 7) is 8.34. The van der Waals surface area contributed by atoms with Crippen LogP contribution < -0.4 is 20.1 Å². The summed E-state index contributed by atoms with van der Waals surface area (Å²) in [5, 5.41) is 4.98. The molecule has 0 aliphatic carbocycles. The minimum Gasteiger partial charge on any atom is -0.496 e. The molecule has 4 aromatic carbocycles. The molecule has 14 heteroatoms. The first-order chi connectivity index (χ1) is 25.4. The molecule has 2 saturated heterocycles. The molecule has 0 aromatic heterocycles. The number of carbonyl (C=O) groups excluding carboxylic acids is 2. The van der Waals surface area contributed by atoms with Crippen molar-refractivity contribution in [2.24, 2.45) is 0 Å². The van der Waals surface area contributed by atoms with Crippen LogP contribution in [0.2, 0.25) is 0 Å². The zero-order valence-electron chi connectivity index (χ0n) is 30.4. The van der Waals surface area contributed by atoms with Gasteiger partial charge in [0.1, 0.15) is 23.7 Å². The Morgan fingerprint density at radius 1 is 0.574 bits per heavy atom. The lowest BCUT2D eigenvalue weighted by Gasteiger charge is -2.20. The summed E-state index contributed by atoms with van der Waals surface area (Å²) >= 11 is 0. The first-order valence-corrected chi connectivity index (χ1v) is 17.1. The number of ether oxygens (including phenoxy) is 4. The number of alkyl carbamates (subject to hydrolysis) is 2. The van der Waals surface area contributed by atoms with Crippen molar-refractivity contribution in [1.29, 1.82) is 0 Å². The third-order valence-corrected chi connectivity index (χ3v) is 9.17. The molecule has 2 fully saturated rings. The highest BCUT2D eigenvalue weighted by molar-refractivity contribution is 5.78. The lowest BCUT2D eigenvalue weighted by Crippen LogP contribution is -2.13. The largest absolute Gasteiger partial charge is 0.496 e. The van der Waals surface area contributed by atoms with E-state index in [1.807, 2.05) is 52.0 Å². The molecular weight excluding hydrogens is 718 g/mol. The fourth-order valence-corrected chi connectivity index (χ4v) is 6.22. The average Bonchev–Trinajstić information content (AvgIpc) is 3.77. The van der Waals surface area contributed by atoms with Crippen LogP contribution in [0.25, 0.3) is 22.3 Å². The van der Waals surface area contributed by atoms with Gasteiger partial charge in [0, 0.05) is 22.3 Å². The molecule has 0 spiro atoms. The van der Waals surface area contributed by atoms with Crippen LogP contribution in [0.4, 0.5) is 35.9 Å². The van der Waals surface area contributed by atoms with Gasteiger partial charge in [0.25, 0.3) is 0 Å². The zero-order chi connectivity index (χ0) is 39.5. The monoisotopic (exact) mass is 758 g/mol. The number of nitrogens with one attached hydrogen (secondary N) is 2. The first-order valence-electron chi connectivity index (χ1n) is 17.1. The smallest absolute Gasteiger partial charge is 0.416 e. The number of benzene rings is 4. The minimum atomic E-state index is -4.49. The van der Waals surface area contributed by atoms with E-state index in [1.165, 1.54) is 26.4 Å². The van der Waals surface area contributed by atoms with Crippen LogP contribution in [0, 0.1) is 0 Å². The molecule has 0 radical (unpaired) electrons. The SMILES string of the molecule is COc1ccc(C(C)C)cc1-c1ccc(C(F)(F)F)cc1C1CNC(=O)O1.COc1ccc(C(C)C)cc1-c1ccc(C(F)(F)F)cc1C1CNC(=O)O1. The third kappa shape index (κ3) is 8.86. The molecule has 2 unspecified atom stereocenters. The summed E-state index contributed by atoms with van der Waals surface area (Å²) in [6, 6.07) is 18.2. The second-order valence-electron chi connectivity index (χ2n) is 13.4. The number of methoxy groups -OCH3 is 2. The van der Waals surface area contributed by atoms with Crippen molar-refractivity contribution >= 4 is 12.2 Å². The molecule has 6 rings (SSSR count). The number of cyclic esters (lactones) is 2. The Kier molecular flexibility index (Phi) is 11.7. The van der Waals surface area contributed by atoms with E-state index in [4.69, 9.17) is 18.9 Å². The summed E-state index contributed by atoms with van der Waals surface area (Å²) in [5.41, 5.74) is 3.48. The van der Waals surface area contributed by atoms with Crippen LogP contribution in [0.15, 0.2) is 72.8 Å². The van der Waals surface area contributed by atoms with E-state index < -0.39 is 47.9 Å². The fraction of sp³-hybridized carbons (Fsp3) is 0.350. The van der Waals surface area contributed by atoms with Crippen LogP contribution in [0.5, 0.6) is 11.5 Å². The molecule has 0 bridgehead atoms. The molecule has 4 aromatic rings. The maximum atomic E-state index is 13.2. The topological polar surface area (TPSA) is 95.1 Å². The molecule has 2 atom stereocenters.